The van der Waals surface area contributed by atoms with Crippen molar-refractivity contribution < 1.29 is 4.74 Å². The van der Waals surface area contributed by atoms with E-state index in [0.717, 1.165) is 21.5 Å². The van der Waals surface area contributed by atoms with Crippen LogP contribution in [-0.2, 0) is 6.54 Å². The van der Waals surface area contributed by atoms with E-state index in [-0.39, 0.29) is 0 Å². The summed E-state index contributed by atoms with van der Waals surface area (Å²) in [5, 5.41) is 4.38. The molecule has 0 saturated heterocycles. The Morgan fingerprint density at radius 2 is 2.00 bits per heavy atom. The highest BCUT2D eigenvalue weighted by Crippen LogP contribution is 2.24. The molecule has 0 fully saturated rings. The van der Waals surface area contributed by atoms with Crippen molar-refractivity contribution in [3.8, 4) is 5.75 Å². The molecule has 4 heteroatoms. The third kappa shape index (κ3) is 2.84. The molecule has 2 aromatic rings. The zero-order valence-corrected chi connectivity index (χ0v) is 12.5. The second-order valence-corrected chi connectivity index (χ2v) is 5.14. The van der Waals surface area contributed by atoms with Crippen LogP contribution in [0, 0.1) is 25.4 Å². The van der Waals surface area contributed by atoms with E-state index in [2.05, 4.69) is 25.0 Å². The van der Waals surface area contributed by atoms with Gasteiger partial charge in [0.15, 0.2) is 0 Å². The first-order valence-electron chi connectivity index (χ1n) is 6.19. The molecule has 0 N–H and O–H groups in total. The maximum atomic E-state index is 5.37. The number of ether oxygens (including phenoxy) is 1. The van der Waals surface area contributed by atoms with Gasteiger partial charge in [-0.3, -0.25) is 4.68 Å². The number of nitrogens with zero attached hydrogens (tertiary/aromatic N) is 2. The first-order chi connectivity index (χ1) is 9.02. The summed E-state index contributed by atoms with van der Waals surface area (Å²) in [5.41, 5.74) is 4.67. The molecular weight excluding hydrogens is 256 g/mol. The molecule has 1 aromatic carbocycles. The zero-order chi connectivity index (χ0) is 14.0. The SMILES string of the molecule is COc1ccc(C)c(Cn2ncc(C)cc2=S)c1C. The van der Waals surface area contributed by atoms with Crippen LogP contribution in [0.4, 0.5) is 0 Å². The summed E-state index contributed by atoms with van der Waals surface area (Å²) < 4.78 is 7.97. The molecule has 2 rings (SSSR count). The maximum absolute atomic E-state index is 5.37. The van der Waals surface area contributed by atoms with Crippen molar-refractivity contribution >= 4 is 12.2 Å². The zero-order valence-electron chi connectivity index (χ0n) is 11.7. The Bertz CT molecular complexity index is 662. The molecule has 3 nitrogen and oxygen atoms in total. The van der Waals surface area contributed by atoms with Gasteiger partial charge in [-0.1, -0.05) is 18.3 Å². The summed E-state index contributed by atoms with van der Waals surface area (Å²) in [6, 6.07) is 6.03. The molecule has 0 amide bonds. The van der Waals surface area contributed by atoms with E-state index in [1.54, 1.807) is 7.11 Å². The number of methoxy groups -OCH3 is 1. The van der Waals surface area contributed by atoms with Crippen molar-refractivity contribution in [2.45, 2.75) is 27.3 Å². The molecule has 1 aromatic heterocycles. The molecule has 100 valence electrons. The smallest absolute Gasteiger partial charge is 0.123 e. The minimum absolute atomic E-state index is 0.675. The summed E-state index contributed by atoms with van der Waals surface area (Å²) in [6.45, 7) is 6.84. The Morgan fingerprint density at radius 3 is 2.63 bits per heavy atom. The van der Waals surface area contributed by atoms with Crippen LogP contribution in [0.1, 0.15) is 22.3 Å². The predicted molar refractivity (Wildman–Crippen MR) is 79.4 cm³/mol. The third-order valence-electron chi connectivity index (χ3n) is 3.32. The summed E-state index contributed by atoms with van der Waals surface area (Å²) in [7, 11) is 1.69. The first kappa shape index (κ1) is 13.7. The van der Waals surface area contributed by atoms with Gasteiger partial charge in [0.2, 0.25) is 0 Å². The van der Waals surface area contributed by atoms with E-state index >= 15 is 0 Å². The Balaban J connectivity index is 2.46. The summed E-state index contributed by atoms with van der Waals surface area (Å²) in [6.07, 6.45) is 1.83. The van der Waals surface area contributed by atoms with Crippen molar-refractivity contribution in [3.05, 3.63) is 51.3 Å². The minimum atomic E-state index is 0.675. The highest BCUT2D eigenvalue weighted by Gasteiger charge is 2.09. The van der Waals surface area contributed by atoms with Gasteiger partial charge >= 0.3 is 0 Å². The quantitative estimate of drug-likeness (QED) is 0.800. The fourth-order valence-electron chi connectivity index (χ4n) is 2.13. The fraction of sp³-hybridized carbons (Fsp3) is 0.333. The molecule has 19 heavy (non-hydrogen) atoms. The van der Waals surface area contributed by atoms with Gasteiger partial charge in [-0.2, -0.15) is 5.10 Å². The van der Waals surface area contributed by atoms with Crippen LogP contribution in [0.3, 0.4) is 0 Å². The van der Waals surface area contributed by atoms with Crippen molar-refractivity contribution in [1.82, 2.24) is 9.78 Å². The number of aryl methyl sites for hydroxylation is 2. The van der Waals surface area contributed by atoms with Gasteiger partial charge in [0.1, 0.15) is 10.4 Å². The van der Waals surface area contributed by atoms with Gasteiger partial charge in [-0.05, 0) is 55.2 Å². The van der Waals surface area contributed by atoms with Crippen LogP contribution in [0.15, 0.2) is 24.4 Å². The van der Waals surface area contributed by atoms with Crippen molar-refractivity contribution in [1.29, 1.82) is 0 Å². The van der Waals surface area contributed by atoms with E-state index in [0.29, 0.717) is 6.54 Å². The molecule has 0 unspecified atom stereocenters. The largest absolute Gasteiger partial charge is 0.496 e. The number of aromatic nitrogens is 2. The third-order valence-corrected chi connectivity index (χ3v) is 3.65. The summed E-state index contributed by atoms with van der Waals surface area (Å²) in [4.78, 5) is 0. The molecule has 0 spiro atoms. The van der Waals surface area contributed by atoms with E-state index in [9.17, 15) is 0 Å². The van der Waals surface area contributed by atoms with Crippen molar-refractivity contribution in [3.63, 3.8) is 0 Å². The monoisotopic (exact) mass is 274 g/mol. The molecule has 0 saturated carbocycles. The summed E-state index contributed by atoms with van der Waals surface area (Å²) in [5.74, 6) is 0.902. The highest BCUT2D eigenvalue weighted by atomic mass is 32.1. The first-order valence-corrected chi connectivity index (χ1v) is 6.60. The predicted octanol–water partition coefficient (Wildman–Crippen LogP) is 3.59. The normalized spacial score (nSPS) is 10.5. The van der Waals surface area contributed by atoms with E-state index in [1.807, 2.05) is 29.9 Å². The Labute approximate surface area is 118 Å². The molecule has 0 aliphatic carbocycles. The van der Waals surface area contributed by atoms with E-state index < -0.39 is 0 Å². The van der Waals surface area contributed by atoms with Gasteiger partial charge in [-0.25, -0.2) is 0 Å². The molecule has 1 heterocycles. The standard InChI is InChI=1S/C15H18N2OS/c1-10-7-15(19)17(16-8-10)9-13-11(2)5-6-14(18-4)12(13)3/h5-8H,9H2,1-4H3. The lowest BCUT2D eigenvalue weighted by atomic mass is 10.0. The van der Waals surface area contributed by atoms with Crippen molar-refractivity contribution in [2.75, 3.05) is 7.11 Å². The average Bonchev–Trinajstić information content (AvgIpc) is 2.37. The number of benzene rings is 1. The van der Waals surface area contributed by atoms with Crippen LogP contribution >= 0.6 is 12.2 Å². The summed E-state index contributed by atoms with van der Waals surface area (Å²) >= 11 is 5.36. The van der Waals surface area contributed by atoms with Gasteiger partial charge in [0, 0.05) is 0 Å². The van der Waals surface area contributed by atoms with Gasteiger partial charge in [-0.15, -0.1) is 0 Å². The van der Waals surface area contributed by atoms with E-state index in [4.69, 9.17) is 17.0 Å². The fourth-order valence-corrected chi connectivity index (χ4v) is 2.43. The van der Waals surface area contributed by atoms with Crippen LogP contribution < -0.4 is 4.74 Å². The minimum Gasteiger partial charge on any atom is -0.496 e. The highest BCUT2D eigenvalue weighted by molar-refractivity contribution is 7.71. The van der Waals surface area contributed by atoms with Gasteiger partial charge in [0.25, 0.3) is 0 Å². The second-order valence-electron chi connectivity index (χ2n) is 4.72. The Hall–Kier alpha value is -1.68. The molecule has 0 radical (unpaired) electrons. The van der Waals surface area contributed by atoms with Crippen LogP contribution in [0.2, 0.25) is 0 Å². The Morgan fingerprint density at radius 1 is 1.26 bits per heavy atom. The lowest BCUT2D eigenvalue weighted by molar-refractivity contribution is 0.410. The lowest BCUT2D eigenvalue weighted by Crippen LogP contribution is -2.09. The van der Waals surface area contributed by atoms with Gasteiger partial charge < -0.3 is 4.74 Å². The lowest BCUT2D eigenvalue weighted by Gasteiger charge is -2.14. The maximum Gasteiger partial charge on any atom is 0.123 e. The van der Waals surface area contributed by atoms with E-state index in [1.165, 1.54) is 11.1 Å². The van der Waals surface area contributed by atoms with Crippen LogP contribution in [0.25, 0.3) is 0 Å². The average molecular weight is 274 g/mol. The topological polar surface area (TPSA) is 27.1 Å². The molecule has 0 aliphatic heterocycles. The number of rotatable bonds is 3. The number of hydrogen-bond donors (Lipinski definition) is 0. The molecule has 0 aliphatic rings. The Kier molecular flexibility index (Phi) is 4.00. The van der Waals surface area contributed by atoms with Crippen LogP contribution in [-0.4, -0.2) is 16.9 Å². The van der Waals surface area contributed by atoms with Crippen LogP contribution in [0.5, 0.6) is 5.75 Å². The van der Waals surface area contributed by atoms with Gasteiger partial charge in [0.05, 0.1) is 19.9 Å². The number of hydrogen-bond acceptors (Lipinski definition) is 3. The molecular formula is C15H18N2OS. The molecule has 0 atom stereocenters. The van der Waals surface area contributed by atoms with Crippen molar-refractivity contribution in [2.24, 2.45) is 0 Å². The second kappa shape index (κ2) is 5.53. The molecule has 0 bridgehead atoms.